The number of hydrogen-bond acceptors (Lipinski definition) is 3. The van der Waals surface area contributed by atoms with Crippen molar-refractivity contribution < 1.29 is 23.2 Å². The lowest BCUT2D eigenvalue weighted by atomic mass is 10.1. The van der Waals surface area contributed by atoms with Gasteiger partial charge in [-0.05, 0) is 35.4 Å². The SMILES string of the molecule is O=C1CC(=O)N(C[C@H](F)c2ccc(Cl)c(Cl)c2)C(=O)N1C[C@H](F)c1ccc(Cl)c(Cl)c1. The Kier molecular flexibility index (Phi) is 7.42. The fourth-order valence-electron chi connectivity index (χ4n) is 2.98. The van der Waals surface area contributed by atoms with E-state index in [4.69, 9.17) is 46.4 Å². The van der Waals surface area contributed by atoms with Crippen LogP contribution in [0.3, 0.4) is 0 Å². The fraction of sp³-hybridized carbons (Fsp3) is 0.250. The zero-order chi connectivity index (χ0) is 22.9. The van der Waals surface area contributed by atoms with Crippen molar-refractivity contribution in [3.63, 3.8) is 0 Å². The highest BCUT2D eigenvalue weighted by Crippen LogP contribution is 2.31. The second-order valence-corrected chi connectivity index (χ2v) is 8.38. The van der Waals surface area contributed by atoms with Gasteiger partial charge < -0.3 is 0 Å². The zero-order valence-corrected chi connectivity index (χ0v) is 18.7. The Balaban J connectivity index is 1.76. The van der Waals surface area contributed by atoms with Crippen LogP contribution < -0.4 is 0 Å². The van der Waals surface area contributed by atoms with Crippen LogP contribution in [0.15, 0.2) is 36.4 Å². The zero-order valence-electron chi connectivity index (χ0n) is 15.6. The summed E-state index contributed by atoms with van der Waals surface area (Å²) in [5.41, 5.74) is 0.190. The van der Waals surface area contributed by atoms with Gasteiger partial charge in [-0.1, -0.05) is 58.5 Å². The van der Waals surface area contributed by atoms with Crippen molar-refractivity contribution in [1.29, 1.82) is 0 Å². The maximum Gasteiger partial charge on any atom is 0.333 e. The van der Waals surface area contributed by atoms with Crippen LogP contribution in [0, 0.1) is 0 Å². The highest BCUT2D eigenvalue weighted by molar-refractivity contribution is 6.42. The Bertz CT molecular complexity index is 974. The smallest absolute Gasteiger partial charge is 0.274 e. The minimum absolute atomic E-state index is 0.0950. The van der Waals surface area contributed by atoms with Gasteiger partial charge in [-0.25, -0.2) is 13.6 Å². The first-order chi connectivity index (χ1) is 14.6. The number of halogens is 6. The van der Waals surface area contributed by atoms with Gasteiger partial charge in [0.15, 0.2) is 0 Å². The molecule has 5 nitrogen and oxygen atoms in total. The van der Waals surface area contributed by atoms with Crippen LogP contribution in [-0.2, 0) is 9.59 Å². The molecule has 2 aromatic rings. The lowest BCUT2D eigenvalue weighted by Gasteiger charge is -2.34. The highest BCUT2D eigenvalue weighted by atomic mass is 35.5. The van der Waals surface area contributed by atoms with Crippen molar-refractivity contribution in [3.05, 3.63) is 67.6 Å². The quantitative estimate of drug-likeness (QED) is 0.435. The van der Waals surface area contributed by atoms with E-state index in [0.29, 0.717) is 9.80 Å². The molecule has 0 N–H and O–H groups in total. The van der Waals surface area contributed by atoms with Gasteiger partial charge in [-0.15, -0.1) is 0 Å². The summed E-state index contributed by atoms with van der Waals surface area (Å²) in [6.45, 7) is -1.33. The van der Waals surface area contributed by atoms with Crippen LogP contribution in [0.2, 0.25) is 20.1 Å². The molecule has 4 amide bonds. The number of benzene rings is 2. The molecule has 3 rings (SSSR count). The molecule has 1 aliphatic rings. The van der Waals surface area contributed by atoms with E-state index in [1.165, 1.54) is 36.4 Å². The number of imide groups is 2. The minimum Gasteiger partial charge on any atom is -0.274 e. The van der Waals surface area contributed by atoms with Gasteiger partial charge in [0.25, 0.3) is 0 Å². The van der Waals surface area contributed by atoms with E-state index in [-0.39, 0.29) is 31.2 Å². The van der Waals surface area contributed by atoms with Crippen LogP contribution in [0.25, 0.3) is 0 Å². The molecular weight excluding hydrogens is 496 g/mol. The van der Waals surface area contributed by atoms with Gasteiger partial charge in [-0.3, -0.25) is 19.4 Å². The van der Waals surface area contributed by atoms with Crippen LogP contribution in [0.1, 0.15) is 29.9 Å². The number of amides is 4. The van der Waals surface area contributed by atoms with Gasteiger partial charge in [0.1, 0.15) is 18.8 Å². The lowest BCUT2D eigenvalue weighted by molar-refractivity contribution is -0.143. The van der Waals surface area contributed by atoms with Crippen molar-refractivity contribution in [2.24, 2.45) is 0 Å². The third-order valence-electron chi connectivity index (χ3n) is 4.66. The normalized spacial score (nSPS) is 16.6. The molecule has 0 unspecified atom stereocenters. The topological polar surface area (TPSA) is 57.7 Å². The summed E-state index contributed by atoms with van der Waals surface area (Å²) in [7, 11) is 0. The van der Waals surface area contributed by atoms with Crippen LogP contribution in [0.5, 0.6) is 0 Å². The number of hydrogen-bond donors (Lipinski definition) is 0. The first kappa shape index (κ1) is 23.7. The summed E-state index contributed by atoms with van der Waals surface area (Å²) in [4.78, 5) is 38.3. The van der Waals surface area contributed by atoms with Crippen molar-refractivity contribution in [2.45, 2.75) is 18.8 Å². The Hall–Kier alpha value is -1.93. The van der Waals surface area contributed by atoms with E-state index in [0.717, 1.165) is 0 Å². The summed E-state index contributed by atoms with van der Waals surface area (Å²) < 4.78 is 29.5. The van der Waals surface area contributed by atoms with Crippen molar-refractivity contribution in [2.75, 3.05) is 13.1 Å². The van der Waals surface area contributed by atoms with E-state index < -0.39 is 49.7 Å². The molecule has 0 saturated carbocycles. The monoisotopic (exact) mass is 508 g/mol. The molecule has 1 heterocycles. The summed E-state index contributed by atoms with van der Waals surface area (Å²) in [6, 6.07) is 6.94. The standard InChI is InChI=1S/C20H14Cl4F2N2O3/c21-12-3-1-10(5-14(12)23)16(25)8-27-18(29)7-19(30)28(20(27)31)9-17(26)11-2-4-13(22)15(24)6-11/h1-6,16-17H,7-9H2/t16-,17-/m0/s1. The first-order valence-electron chi connectivity index (χ1n) is 8.91. The lowest BCUT2D eigenvalue weighted by Crippen LogP contribution is -2.56. The number of urea groups is 1. The van der Waals surface area contributed by atoms with Gasteiger partial charge in [0, 0.05) is 0 Å². The number of rotatable bonds is 6. The van der Waals surface area contributed by atoms with Crippen LogP contribution in [-0.4, -0.2) is 40.7 Å². The summed E-state index contributed by atoms with van der Waals surface area (Å²) in [5.74, 6) is -1.75. The summed E-state index contributed by atoms with van der Waals surface area (Å²) in [6.07, 6.45) is -4.25. The molecule has 0 spiro atoms. The molecule has 0 radical (unpaired) electrons. The largest absolute Gasteiger partial charge is 0.333 e. The van der Waals surface area contributed by atoms with Crippen LogP contribution in [0.4, 0.5) is 13.6 Å². The van der Waals surface area contributed by atoms with Gasteiger partial charge in [-0.2, -0.15) is 0 Å². The van der Waals surface area contributed by atoms with Gasteiger partial charge >= 0.3 is 6.03 Å². The third-order valence-corrected chi connectivity index (χ3v) is 6.14. The van der Waals surface area contributed by atoms with E-state index >= 15 is 0 Å². The van der Waals surface area contributed by atoms with Crippen molar-refractivity contribution >= 4 is 64.2 Å². The average Bonchev–Trinajstić information content (AvgIpc) is 2.72. The molecule has 1 aliphatic heterocycles. The molecule has 0 bridgehead atoms. The Labute approximate surface area is 196 Å². The second kappa shape index (κ2) is 9.69. The average molecular weight is 510 g/mol. The molecule has 1 fully saturated rings. The molecule has 2 aromatic carbocycles. The molecule has 0 aromatic heterocycles. The van der Waals surface area contributed by atoms with E-state index in [2.05, 4.69) is 0 Å². The Morgan fingerprint density at radius 1 is 0.710 bits per heavy atom. The maximum absolute atomic E-state index is 14.8. The molecular formula is C20H14Cl4F2N2O3. The van der Waals surface area contributed by atoms with Crippen LogP contribution >= 0.6 is 46.4 Å². The molecule has 164 valence electrons. The Morgan fingerprint density at radius 2 is 1.10 bits per heavy atom. The minimum atomic E-state index is -1.78. The predicted molar refractivity (Wildman–Crippen MR) is 114 cm³/mol. The maximum atomic E-state index is 14.8. The number of carbonyl (C=O) groups is 3. The van der Waals surface area contributed by atoms with Gasteiger partial charge in [0.05, 0.1) is 33.2 Å². The number of alkyl halides is 2. The fourth-order valence-corrected chi connectivity index (χ4v) is 3.60. The first-order valence-corrected chi connectivity index (χ1v) is 10.4. The third kappa shape index (κ3) is 5.29. The van der Waals surface area contributed by atoms with Gasteiger partial charge in [0.2, 0.25) is 11.8 Å². The number of nitrogens with zero attached hydrogens (tertiary/aromatic N) is 2. The second-order valence-electron chi connectivity index (χ2n) is 6.75. The molecule has 11 heteroatoms. The summed E-state index contributed by atoms with van der Waals surface area (Å²) in [5, 5.41) is 0.653. The molecule has 0 aliphatic carbocycles. The summed E-state index contributed by atoms with van der Waals surface area (Å²) >= 11 is 23.4. The van der Waals surface area contributed by atoms with E-state index in [1.807, 2.05) is 0 Å². The number of barbiturate groups is 1. The predicted octanol–water partition coefficient (Wildman–Crippen LogP) is 6.20. The van der Waals surface area contributed by atoms with E-state index in [9.17, 15) is 23.2 Å². The Morgan fingerprint density at radius 3 is 1.45 bits per heavy atom. The molecule has 1 saturated heterocycles. The van der Waals surface area contributed by atoms with Crippen molar-refractivity contribution in [1.82, 2.24) is 9.80 Å². The van der Waals surface area contributed by atoms with E-state index in [1.54, 1.807) is 0 Å². The molecule has 31 heavy (non-hydrogen) atoms. The number of carbonyl (C=O) groups excluding carboxylic acids is 3. The highest BCUT2D eigenvalue weighted by Gasteiger charge is 2.40. The van der Waals surface area contributed by atoms with Crippen molar-refractivity contribution in [3.8, 4) is 0 Å². The molecule has 2 atom stereocenters.